The van der Waals surface area contributed by atoms with Gasteiger partial charge in [-0.3, -0.25) is 4.98 Å². The van der Waals surface area contributed by atoms with Crippen molar-refractivity contribution in [1.82, 2.24) is 19.9 Å². The van der Waals surface area contributed by atoms with Crippen LogP contribution in [0.1, 0.15) is 31.4 Å². The number of nitrogens with one attached hydrogen (secondary N) is 1. The highest BCUT2D eigenvalue weighted by atomic mass is 15.3. The molecule has 1 N–H and O–H groups in total. The van der Waals surface area contributed by atoms with Gasteiger partial charge in [0.05, 0.1) is 29.8 Å². The molecule has 28 heavy (non-hydrogen) atoms. The monoisotopic (exact) mass is 372 g/mol. The molecule has 2 saturated heterocycles. The molecule has 0 radical (unpaired) electrons. The molecule has 0 bridgehead atoms. The summed E-state index contributed by atoms with van der Waals surface area (Å²) in [6.45, 7) is 11.0. The Hall–Kier alpha value is -2.91. The average Bonchev–Trinajstić information content (AvgIpc) is 3.34. The first-order valence-corrected chi connectivity index (χ1v) is 10.0. The fraction of sp³-hybridized carbons (Fsp3) is 0.409. The zero-order chi connectivity index (χ0) is 19.0. The van der Waals surface area contributed by atoms with Gasteiger partial charge in [0.25, 0.3) is 0 Å². The van der Waals surface area contributed by atoms with Crippen LogP contribution in [0.15, 0.2) is 42.6 Å². The molecule has 0 amide bonds. The fourth-order valence-corrected chi connectivity index (χ4v) is 4.72. The Balaban J connectivity index is 1.53. The summed E-state index contributed by atoms with van der Waals surface area (Å²) in [5.74, 6) is 1.03. The molecule has 3 aromatic rings. The van der Waals surface area contributed by atoms with Gasteiger partial charge < -0.3 is 14.8 Å². The van der Waals surface area contributed by atoms with Crippen LogP contribution in [0.3, 0.4) is 0 Å². The Labute approximate surface area is 165 Å². The lowest BCUT2D eigenvalue weighted by atomic mass is 9.88. The maximum Gasteiger partial charge on any atom is 0.206 e. The van der Waals surface area contributed by atoms with Gasteiger partial charge in [0.1, 0.15) is 0 Å². The number of anilines is 1. The largest absolute Gasteiger partial charge is 0.340 e. The minimum atomic E-state index is 0.247. The van der Waals surface area contributed by atoms with E-state index in [9.17, 15) is 0 Å². The van der Waals surface area contributed by atoms with Crippen LogP contribution in [0.5, 0.6) is 0 Å². The van der Waals surface area contributed by atoms with Gasteiger partial charge in [0.2, 0.25) is 11.6 Å². The molecule has 2 fully saturated rings. The molecule has 142 valence electrons. The predicted molar refractivity (Wildman–Crippen MR) is 111 cm³/mol. The number of hydrogen-bond donors (Lipinski definition) is 1. The second kappa shape index (κ2) is 6.92. The second-order valence-electron chi connectivity index (χ2n) is 7.94. The van der Waals surface area contributed by atoms with E-state index in [0.717, 1.165) is 42.3 Å². The number of rotatable bonds is 3. The molecule has 1 aromatic carbocycles. The Morgan fingerprint density at radius 3 is 2.82 bits per heavy atom. The Morgan fingerprint density at radius 2 is 2.04 bits per heavy atom. The van der Waals surface area contributed by atoms with E-state index in [2.05, 4.69) is 42.8 Å². The molecule has 1 spiro atoms. The smallest absolute Gasteiger partial charge is 0.206 e. The summed E-state index contributed by atoms with van der Waals surface area (Å²) in [4.78, 5) is 15.4. The highest BCUT2D eigenvalue weighted by molar-refractivity contribution is 5.79. The van der Waals surface area contributed by atoms with E-state index in [4.69, 9.17) is 11.6 Å². The Bertz CT molecular complexity index is 1020. The number of imidazole rings is 1. The number of aromatic nitrogens is 3. The maximum absolute atomic E-state index is 7.12. The molecule has 2 aromatic heterocycles. The average molecular weight is 372 g/mol. The third kappa shape index (κ3) is 3.02. The van der Waals surface area contributed by atoms with Gasteiger partial charge in [-0.15, -0.1) is 0 Å². The van der Waals surface area contributed by atoms with Crippen molar-refractivity contribution in [3.05, 3.63) is 59.7 Å². The van der Waals surface area contributed by atoms with Crippen molar-refractivity contribution in [3.8, 4) is 0 Å². The van der Waals surface area contributed by atoms with Gasteiger partial charge in [-0.25, -0.2) is 9.83 Å². The molecule has 6 nitrogen and oxygen atoms in total. The van der Waals surface area contributed by atoms with E-state index in [-0.39, 0.29) is 5.54 Å². The first kappa shape index (κ1) is 17.2. The standard InChI is InChI=1S/C22H24N6/c1-23-17-8-9-18(24-14-17)15-28-20-7-3-2-6-19(20)26-21(28)27-13-5-11-22(16-27)10-4-12-25-22/h2-3,6-9,14,25H,4-5,10-13,15-16H2/t22-/m1/s1. The van der Waals surface area contributed by atoms with E-state index < -0.39 is 0 Å². The van der Waals surface area contributed by atoms with Crippen LogP contribution < -0.4 is 10.2 Å². The lowest BCUT2D eigenvalue weighted by Gasteiger charge is -2.41. The van der Waals surface area contributed by atoms with Crippen molar-refractivity contribution >= 4 is 22.7 Å². The highest BCUT2D eigenvalue weighted by Gasteiger charge is 2.38. The molecular weight excluding hydrogens is 348 g/mol. The molecule has 4 heterocycles. The van der Waals surface area contributed by atoms with Crippen LogP contribution in [-0.4, -0.2) is 39.7 Å². The molecule has 0 saturated carbocycles. The number of piperidine rings is 1. The van der Waals surface area contributed by atoms with Crippen molar-refractivity contribution in [2.24, 2.45) is 0 Å². The van der Waals surface area contributed by atoms with Crippen LogP contribution in [-0.2, 0) is 6.54 Å². The van der Waals surface area contributed by atoms with Crippen molar-refractivity contribution in [3.63, 3.8) is 0 Å². The maximum atomic E-state index is 7.12. The van der Waals surface area contributed by atoms with Gasteiger partial charge >= 0.3 is 0 Å². The lowest BCUT2D eigenvalue weighted by molar-refractivity contribution is 0.305. The summed E-state index contributed by atoms with van der Waals surface area (Å²) in [6, 6.07) is 12.1. The normalized spacial score (nSPS) is 22.0. The lowest BCUT2D eigenvalue weighted by Crippen LogP contribution is -2.54. The van der Waals surface area contributed by atoms with Gasteiger partial charge in [-0.05, 0) is 50.4 Å². The number of fused-ring (bicyclic) bond motifs is 1. The van der Waals surface area contributed by atoms with Crippen molar-refractivity contribution < 1.29 is 0 Å². The van der Waals surface area contributed by atoms with E-state index in [1.165, 1.54) is 25.7 Å². The highest BCUT2D eigenvalue weighted by Crippen LogP contribution is 2.33. The third-order valence-electron chi connectivity index (χ3n) is 6.08. The zero-order valence-electron chi connectivity index (χ0n) is 15.9. The number of hydrogen-bond acceptors (Lipinski definition) is 4. The number of pyridine rings is 1. The SMILES string of the molecule is [C-]#[N+]c1ccc(Cn2c(N3CCC[C@]4(CCCN4)C3)nc3ccccc32)nc1. The molecule has 5 rings (SSSR count). The number of benzene rings is 1. The summed E-state index contributed by atoms with van der Waals surface area (Å²) in [5, 5.41) is 3.77. The van der Waals surface area contributed by atoms with Crippen molar-refractivity contribution in [2.75, 3.05) is 24.5 Å². The van der Waals surface area contributed by atoms with Crippen LogP contribution in [0.25, 0.3) is 15.9 Å². The molecule has 2 aliphatic heterocycles. The molecule has 1 atom stereocenters. The van der Waals surface area contributed by atoms with Crippen LogP contribution in [0.2, 0.25) is 0 Å². The zero-order valence-corrected chi connectivity index (χ0v) is 15.9. The van der Waals surface area contributed by atoms with Gasteiger partial charge in [0.15, 0.2) is 0 Å². The molecule has 6 heteroatoms. The van der Waals surface area contributed by atoms with Crippen LogP contribution >= 0.6 is 0 Å². The molecule has 2 aliphatic rings. The van der Waals surface area contributed by atoms with Gasteiger partial charge in [-0.1, -0.05) is 18.2 Å². The van der Waals surface area contributed by atoms with Gasteiger partial charge in [0, 0.05) is 24.8 Å². The first-order chi connectivity index (χ1) is 13.8. The minimum Gasteiger partial charge on any atom is -0.340 e. The molecule has 0 unspecified atom stereocenters. The van der Waals surface area contributed by atoms with Gasteiger partial charge in [-0.2, -0.15) is 0 Å². The second-order valence-corrected chi connectivity index (χ2v) is 7.94. The van der Waals surface area contributed by atoms with E-state index >= 15 is 0 Å². The summed E-state index contributed by atoms with van der Waals surface area (Å²) in [6.07, 6.45) is 6.61. The summed E-state index contributed by atoms with van der Waals surface area (Å²) < 4.78 is 2.28. The number of nitrogens with zero attached hydrogens (tertiary/aromatic N) is 5. The fourth-order valence-electron chi connectivity index (χ4n) is 4.72. The van der Waals surface area contributed by atoms with Crippen molar-refractivity contribution in [1.29, 1.82) is 0 Å². The Kier molecular flexibility index (Phi) is 4.25. The quantitative estimate of drug-likeness (QED) is 0.712. The van der Waals surface area contributed by atoms with E-state index in [0.29, 0.717) is 12.2 Å². The molecular formula is C22H24N6. The number of para-hydroxylation sites is 2. The topological polar surface area (TPSA) is 50.3 Å². The third-order valence-corrected chi connectivity index (χ3v) is 6.08. The summed E-state index contributed by atoms with van der Waals surface area (Å²) in [7, 11) is 0. The minimum absolute atomic E-state index is 0.247. The summed E-state index contributed by atoms with van der Waals surface area (Å²) >= 11 is 0. The predicted octanol–water partition coefficient (Wildman–Crippen LogP) is 3.75. The van der Waals surface area contributed by atoms with E-state index in [1.807, 2.05) is 18.2 Å². The van der Waals surface area contributed by atoms with Crippen molar-refractivity contribution in [2.45, 2.75) is 37.8 Å². The van der Waals surface area contributed by atoms with Crippen LogP contribution in [0.4, 0.5) is 11.6 Å². The van der Waals surface area contributed by atoms with Crippen LogP contribution in [0, 0.1) is 6.57 Å². The Morgan fingerprint density at radius 1 is 1.14 bits per heavy atom. The molecule has 0 aliphatic carbocycles. The first-order valence-electron chi connectivity index (χ1n) is 10.0. The summed E-state index contributed by atoms with van der Waals surface area (Å²) in [5.41, 5.74) is 3.92. The van der Waals surface area contributed by atoms with E-state index in [1.54, 1.807) is 6.20 Å².